The van der Waals surface area contributed by atoms with Crippen molar-refractivity contribution in [3.63, 3.8) is 0 Å². The minimum absolute atomic E-state index is 0.00736. The van der Waals surface area contributed by atoms with Gasteiger partial charge >= 0.3 is 5.97 Å². The number of carbonyl (C=O) groups excluding carboxylic acids is 1. The van der Waals surface area contributed by atoms with Crippen molar-refractivity contribution in [2.24, 2.45) is 13.0 Å². The lowest BCUT2D eigenvalue weighted by atomic mass is 9.91. The van der Waals surface area contributed by atoms with Crippen LogP contribution in [0.15, 0.2) is 42.6 Å². The van der Waals surface area contributed by atoms with Crippen molar-refractivity contribution < 1.29 is 14.7 Å². The molecule has 130 valence electrons. The van der Waals surface area contributed by atoms with Crippen LogP contribution in [0.4, 0.5) is 0 Å². The highest BCUT2D eigenvalue weighted by Crippen LogP contribution is 2.33. The van der Waals surface area contributed by atoms with E-state index in [1.165, 1.54) is 6.08 Å². The van der Waals surface area contributed by atoms with Crippen LogP contribution >= 0.6 is 0 Å². The normalized spacial score (nSPS) is 20.3. The summed E-state index contributed by atoms with van der Waals surface area (Å²) in [5.41, 5.74) is 1.68. The zero-order valence-electron chi connectivity index (χ0n) is 13.9. The van der Waals surface area contributed by atoms with E-state index in [4.69, 9.17) is 5.11 Å². The average Bonchev–Trinajstić information content (AvgIpc) is 3.19. The molecule has 2 atom stereocenters. The maximum Gasteiger partial charge on any atom is 0.303 e. The molecule has 0 aliphatic carbocycles. The second kappa shape index (κ2) is 7.29. The summed E-state index contributed by atoms with van der Waals surface area (Å²) in [6, 6.07) is 9.58. The van der Waals surface area contributed by atoms with Crippen molar-refractivity contribution >= 4 is 18.0 Å². The minimum Gasteiger partial charge on any atom is -0.481 e. The molecule has 1 amide bonds. The maximum absolute atomic E-state index is 12.5. The number of carboxylic acids is 1. The van der Waals surface area contributed by atoms with Gasteiger partial charge in [-0.25, -0.2) is 0 Å². The van der Waals surface area contributed by atoms with E-state index in [2.05, 4.69) is 10.3 Å². The molecule has 1 N–H and O–H groups in total. The lowest BCUT2D eigenvalue weighted by Gasteiger charge is -2.13. The highest BCUT2D eigenvalue weighted by molar-refractivity contribution is 5.92. The Kier molecular flexibility index (Phi) is 4.92. The van der Waals surface area contributed by atoms with Gasteiger partial charge in [-0.05, 0) is 17.6 Å². The fourth-order valence-electron chi connectivity index (χ4n) is 3.19. The first-order valence-corrected chi connectivity index (χ1v) is 8.13. The van der Waals surface area contributed by atoms with E-state index in [0.29, 0.717) is 13.1 Å². The van der Waals surface area contributed by atoms with E-state index in [-0.39, 0.29) is 24.2 Å². The molecule has 1 aliphatic rings. The highest BCUT2D eigenvalue weighted by Gasteiger charge is 2.38. The Labute approximate surface area is 145 Å². The Hall–Kier alpha value is -2.96. The Morgan fingerprint density at radius 3 is 2.68 bits per heavy atom. The first kappa shape index (κ1) is 16.9. The van der Waals surface area contributed by atoms with Gasteiger partial charge in [-0.1, -0.05) is 35.5 Å². The van der Waals surface area contributed by atoms with Gasteiger partial charge in [0.1, 0.15) is 0 Å². The predicted octanol–water partition coefficient (Wildman–Crippen LogP) is 1.55. The van der Waals surface area contributed by atoms with Gasteiger partial charge in [0.2, 0.25) is 5.91 Å². The third kappa shape index (κ3) is 4.12. The summed E-state index contributed by atoms with van der Waals surface area (Å²) in [6.45, 7) is 0.861. The first-order valence-electron chi connectivity index (χ1n) is 8.13. The fraction of sp³-hybridized carbons (Fsp3) is 0.333. The zero-order valence-corrected chi connectivity index (χ0v) is 13.9. The summed E-state index contributed by atoms with van der Waals surface area (Å²) in [6.07, 6.45) is 5.09. The molecule has 0 radical (unpaired) electrons. The predicted molar refractivity (Wildman–Crippen MR) is 91.5 cm³/mol. The van der Waals surface area contributed by atoms with Crippen LogP contribution in [-0.2, 0) is 16.6 Å². The number of aliphatic carboxylic acids is 1. The van der Waals surface area contributed by atoms with E-state index in [1.54, 1.807) is 28.9 Å². The van der Waals surface area contributed by atoms with Crippen LogP contribution in [0.25, 0.3) is 6.08 Å². The van der Waals surface area contributed by atoms with Gasteiger partial charge in [-0.3, -0.25) is 14.3 Å². The molecule has 0 bridgehead atoms. The average molecular weight is 340 g/mol. The monoisotopic (exact) mass is 340 g/mol. The summed E-state index contributed by atoms with van der Waals surface area (Å²) < 4.78 is 1.59. The molecule has 1 saturated heterocycles. The molecule has 7 nitrogen and oxygen atoms in total. The number of aromatic nitrogens is 3. The Morgan fingerprint density at radius 1 is 1.28 bits per heavy atom. The van der Waals surface area contributed by atoms with Crippen LogP contribution in [0.1, 0.15) is 23.6 Å². The second-order valence-electron chi connectivity index (χ2n) is 6.27. The Morgan fingerprint density at radius 2 is 2.04 bits per heavy atom. The van der Waals surface area contributed by atoms with Gasteiger partial charge in [-0.15, -0.1) is 5.10 Å². The second-order valence-corrected chi connectivity index (χ2v) is 6.27. The third-order valence-corrected chi connectivity index (χ3v) is 4.41. The van der Waals surface area contributed by atoms with Crippen LogP contribution in [0.5, 0.6) is 0 Å². The molecule has 25 heavy (non-hydrogen) atoms. The van der Waals surface area contributed by atoms with Crippen LogP contribution in [0.2, 0.25) is 0 Å². The van der Waals surface area contributed by atoms with Gasteiger partial charge in [-0.2, -0.15) is 0 Å². The van der Waals surface area contributed by atoms with Crippen LogP contribution in [-0.4, -0.2) is 50.0 Å². The molecule has 2 aromatic rings. The molecule has 1 fully saturated rings. The molecule has 0 saturated carbocycles. The smallest absolute Gasteiger partial charge is 0.303 e. The van der Waals surface area contributed by atoms with Crippen molar-refractivity contribution in [2.45, 2.75) is 12.3 Å². The van der Waals surface area contributed by atoms with E-state index in [1.807, 2.05) is 30.3 Å². The Balaban J connectivity index is 1.73. The van der Waals surface area contributed by atoms with Crippen molar-refractivity contribution in [1.29, 1.82) is 0 Å². The molecule has 3 rings (SSSR count). The van der Waals surface area contributed by atoms with Crippen LogP contribution in [0, 0.1) is 5.92 Å². The van der Waals surface area contributed by atoms with Gasteiger partial charge in [0.25, 0.3) is 0 Å². The largest absolute Gasteiger partial charge is 0.481 e. The number of hydrogen-bond donors (Lipinski definition) is 1. The number of benzene rings is 1. The molecular formula is C18H20N4O3. The van der Waals surface area contributed by atoms with E-state index >= 15 is 0 Å². The van der Waals surface area contributed by atoms with Gasteiger partial charge in [0.15, 0.2) is 0 Å². The van der Waals surface area contributed by atoms with Gasteiger partial charge < -0.3 is 10.0 Å². The van der Waals surface area contributed by atoms with E-state index < -0.39 is 5.97 Å². The van der Waals surface area contributed by atoms with Crippen molar-refractivity contribution in [2.75, 3.05) is 13.1 Å². The number of rotatable bonds is 5. The summed E-state index contributed by atoms with van der Waals surface area (Å²) >= 11 is 0. The maximum atomic E-state index is 12.5. The summed E-state index contributed by atoms with van der Waals surface area (Å²) in [4.78, 5) is 25.3. The number of likely N-dealkylation sites (tertiary alicyclic amines) is 1. The van der Waals surface area contributed by atoms with Crippen LogP contribution < -0.4 is 0 Å². The SMILES string of the molecule is Cn1cc([C@@H]2CN(C(=O)/C=C/c3ccccc3)C[C@@H]2CC(=O)O)nn1. The first-order chi connectivity index (χ1) is 12.0. The molecule has 1 aromatic heterocycles. The van der Waals surface area contributed by atoms with E-state index in [9.17, 15) is 9.59 Å². The quantitative estimate of drug-likeness (QED) is 0.834. The molecular weight excluding hydrogens is 320 g/mol. The van der Waals surface area contributed by atoms with Crippen molar-refractivity contribution in [1.82, 2.24) is 19.9 Å². The third-order valence-electron chi connectivity index (χ3n) is 4.41. The van der Waals surface area contributed by atoms with Crippen molar-refractivity contribution in [3.05, 3.63) is 53.9 Å². The Bertz CT molecular complexity index is 785. The zero-order chi connectivity index (χ0) is 17.8. The van der Waals surface area contributed by atoms with E-state index in [0.717, 1.165) is 11.3 Å². The lowest BCUT2D eigenvalue weighted by molar-refractivity contribution is -0.138. The lowest BCUT2D eigenvalue weighted by Crippen LogP contribution is -2.27. The van der Waals surface area contributed by atoms with Gasteiger partial charge in [0, 0.05) is 38.3 Å². The van der Waals surface area contributed by atoms with Crippen LogP contribution in [0.3, 0.4) is 0 Å². The number of amides is 1. The number of aryl methyl sites for hydroxylation is 1. The highest BCUT2D eigenvalue weighted by atomic mass is 16.4. The molecule has 0 unspecified atom stereocenters. The number of nitrogens with zero attached hydrogens (tertiary/aromatic N) is 4. The standard InChI is InChI=1S/C18H20N4O3/c1-21-12-16(19-20-21)15-11-22(10-14(15)9-18(24)25)17(23)8-7-13-5-3-2-4-6-13/h2-8,12,14-15H,9-11H2,1H3,(H,24,25)/b8-7+/t14-,15+/m0/s1. The molecule has 1 aliphatic heterocycles. The van der Waals surface area contributed by atoms with Gasteiger partial charge in [0.05, 0.1) is 12.1 Å². The summed E-state index contributed by atoms with van der Waals surface area (Å²) in [5, 5.41) is 17.2. The molecule has 0 spiro atoms. The number of hydrogen-bond acceptors (Lipinski definition) is 4. The summed E-state index contributed by atoms with van der Waals surface area (Å²) in [7, 11) is 1.77. The topological polar surface area (TPSA) is 88.3 Å². The molecule has 1 aromatic carbocycles. The summed E-state index contributed by atoms with van der Waals surface area (Å²) in [5.74, 6) is -1.26. The fourth-order valence-corrected chi connectivity index (χ4v) is 3.19. The minimum atomic E-state index is -0.868. The molecule has 7 heteroatoms. The van der Waals surface area contributed by atoms with Crippen molar-refractivity contribution in [3.8, 4) is 0 Å². The molecule has 2 heterocycles. The number of carboxylic acid groups (broad SMARTS) is 1. The number of carbonyl (C=O) groups is 2.